The van der Waals surface area contributed by atoms with E-state index in [1.807, 2.05) is 0 Å². The first kappa shape index (κ1) is 22.1. The van der Waals surface area contributed by atoms with E-state index in [-0.39, 0.29) is 19.5 Å². The molecule has 0 amide bonds. The second kappa shape index (κ2) is 8.93. The quantitative estimate of drug-likeness (QED) is 0.412. The standard InChI is InChI=1S/2C4H8O3S.Zn/c2*1-4(2)3-8(5,6)7;/h2*1,3H2,2H3,(H,5,6,7);/q;;+2/p-2. The van der Waals surface area contributed by atoms with Crippen LogP contribution in [0.3, 0.4) is 0 Å². The Kier molecular flexibility index (Phi) is 11.6. The fraction of sp³-hybridized carbons (Fsp3) is 0.500. The third kappa shape index (κ3) is 31.3. The average molecular weight is 336 g/mol. The van der Waals surface area contributed by atoms with Crippen molar-refractivity contribution in [3.63, 3.8) is 0 Å². The van der Waals surface area contributed by atoms with Gasteiger partial charge in [0.05, 0.1) is 31.7 Å². The summed E-state index contributed by atoms with van der Waals surface area (Å²) in [6.07, 6.45) is 0. The molecular weight excluding hydrogens is 322 g/mol. The molecule has 0 fully saturated rings. The molecule has 0 N–H and O–H groups in total. The Morgan fingerprint density at radius 3 is 1.06 bits per heavy atom. The van der Waals surface area contributed by atoms with Crippen molar-refractivity contribution in [2.45, 2.75) is 13.8 Å². The van der Waals surface area contributed by atoms with Crippen LogP contribution in [-0.4, -0.2) is 37.4 Å². The van der Waals surface area contributed by atoms with Crippen LogP contribution in [0.25, 0.3) is 0 Å². The smallest absolute Gasteiger partial charge is 0.748 e. The van der Waals surface area contributed by atoms with Gasteiger partial charge in [0.15, 0.2) is 0 Å². The number of hydrogen-bond donors (Lipinski definition) is 0. The van der Waals surface area contributed by atoms with Gasteiger partial charge >= 0.3 is 19.5 Å². The zero-order valence-corrected chi connectivity index (χ0v) is 14.4. The summed E-state index contributed by atoms with van der Waals surface area (Å²) in [5, 5.41) is 0. The average Bonchev–Trinajstić information content (AvgIpc) is 1.72. The molecule has 0 aromatic rings. The molecule has 9 heteroatoms. The first-order valence-corrected chi connectivity index (χ1v) is 7.15. The molecule has 0 saturated heterocycles. The molecule has 0 aliphatic heterocycles. The molecule has 0 aromatic carbocycles. The first-order chi connectivity index (χ1) is 6.83. The molecule has 0 atom stereocenters. The molecule has 6 nitrogen and oxygen atoms in total. The van der Waals surface area contributed by atoms with Crippen LogP contribution in [0.4, 0.5) is 0 Å². The van der Waals surface area contributed by atoms with Crippen LogP contribution < -0.4 is 0 Å². The van der Waals surface area contributed by atoms with E-state index in [9.17, 15) is 25.9 Å². The second-order valence-electron chi connectivity index (χ2n) is 3.32. The van der Waals surface area contributed by atoms with E-state index >= 15 is 0 Å². The van der Waals surface area contributed by atoms with Gasteiger partial charge in [-0.1, -0.05) is 24.3 Å². The molecule has 0 aliphatic carbocycles. The minimum absolute atomic E-state index is 0. The topological polar surface area (TPSA) is 114 Å². The molecule has 0 heterocycles. The fourth-order valence-electron chi connectivity index (χ4n) is 0.604. The normalized spacial score (nSPS) is 10.6. The van der Waals surface area contributed by atoms with E-state index in [2.05, 4.69) is 13.2 Å². The summed E-state index contributed by atoms with van der Waals surface area (Å²) < 4.78 is 59.0. The largest absolute Gasteiger partial charge is 2.00 e. The van der Waals surface area contributed by atoms with E-state index in [0.717, 1.165) is 0 Å². The fourth-order valence-corrected chi connectivity index (χ4v) is 1.81. The van der Waals surface area contributed by atoms with E-state index < -0.39 is 31.7 Å². The molecule has 0 aromatic heterocycles. The van der Waals surface area contributed by atoms with Gasteiger partial charge in [0.25, 0.3) is 0 Å². The van der Waals surface area contributed by atoms with Crippen molar-refractivity contribution in [3.8, 4) is 0 Å². The molecule has 0 rings (SSSR count). The van der Waals surface area contributed by atoms with Gasteiger partial charge in [0.2, 0.25) is 0 Å². The molecule has 96 valence electrons. The maximum Gasteiger partial charge on any atom is 2.00 e. The van der Waals surface area contributed by atoms with Crippen LogP contribution in [0.15, 0.2) is 24.3 Å². The van der Waals surface area contributed by atoms with Gasteiger partial charge in [-0.2, -0.15) is 0 Å². The van der Waals surface area contributed by atoms with Crippen LogP contribution in [0.1, 0.15) is 13.8 Å². The summed E-state index contributed by atoms with van der Waals surface area (Å²) in [6.45, 7) is 9.51. The van der Waals surface area contributed by atoms with Gasteiger partial charge in [-0.05, 0) is 13.8 Å². The van der Waals surface area contributed by atoms with Crippen molar-refractivity contribution in [2.24, 2.45) is 0 Å². The van der Waals surface area contributed by atoms with Crippen LogP contribution in [-0.2, 0) is 39.7 Å². The van der Waals surface area contributed by atoms with E-state index in [0.29, 0.717) is 11.1 Å². The van der Waals surface area contributed by atoms with Crippen LogP contribution in [0, 0.1) is 0 Å². The van der Waals surface area contributed by atoms with E-state index in [1.165, 1.54) is 13.8 Å². The van der Waals surface area contributed by atoms with Gasteiger partial charge < -0.3 is 9.11 Å². The van der Waals surface area contributed by atoms with E-state index in [1.54, 1.807) is 0 Å². The zero-order chi connectivity index (χ0) is 13.6. The maximum atomic E-state index is 9.83. The molecule has 0 radical (unpaired) electrons. The van der Waals surface area contributed by atoms with Crippen molar-refractivity contribution in [1.82, 2.24) is 0 Å². The van der Waals surface area contributed by atoms with Gasteiger partial charge in [-0.3, -0.25) is 0 Å². The van der Waals surface area contributed by atoms with Gasteiger partial charge in [-0.15, -0.1) is 0 Å². The zero-order valence-electron chi connectivity index (χ0n) is 9.80. The van der Waals surface area contributed by atoms with Crippen molar-refractivity contribution < 1.29 is 45.4 Å². The predicted molar refractivity (Wildman–Crippen MR) is 58.8 cm³/mol. The minimum atomic E-state index is -4.07. The Hall–Kier alpha value is -0.0766. The number of hydrogen-bond acceptors (Lipinski definition) is 6. The molecule has 17 heavy (non-hydrogen) atoms. The molecule has 0 aliphatic rings. The van der Waals surface area contributed by atoms with Crippen molar-refractivity contribution in [3.05, 3.63) is 24.3 Å². The van der Waals surface area contributed by atoms with Crippen LogP contribution >= 0.6 is 0 Å². The third-order valence-corrected chi connectivity index (χ3v) is 2.54. The molecule has 0 bridgehead atoms. The summed E-state index contributed by atoms with van der Waals surface area (Å²) in [5.74, 6) is -0.903. The Morgan fingerprint density at radius 2 is 1.06 bits per heavy atom. The Bertz CT molecular complexity index is 404. The van der Waals surface area contributed by atoms with Crippen LogP contribution in [0.2, 0.25) is 0 Å². The first-order valence-electron chi connectivity index (χ1n) is 3.99. The predicted octanol–water partition coefficient (Wildman–Crippen LogP) is 0.213. The Labute approximate surface area is 115 Å². The molecule has 0 unspecified atom stereocenters. The summed E-state index contributed by atoms with van der Waals surface area (Å²) in [4.78, 5) is 0. The van der Waals surface area contributed by atoms with Crippen molar-refractivity contribution >= 4 is 20.2 Å². The van der Waals surface area contributed by atoms with Gasteiger partial charge in [0, 0.05) is 0 Å². The molecule has 0 spiro atoms. The van der Waals surface area contributed by atoms with Crippen molar-refractivity contribution in [1.29, 1.82) is 0 Å². The maximum absolute atomic E-state index is 9.83. The van der Waals surface area contributed by atoms with Gasteiger partial charge in [-0.25, -0.2) is 16.8 Å². The van der Waals surface area contributed by atoms with Crippen LogP contribution in [0.5, 0.6) is 0 Å². The SMILES string of the molecule is C=C(C)CS(=O)(=O)[O-].C=C(C)CS(=O)(=O)[O-].[Zn+2]. The summed E-state index contributed by atoms with van der Waals surface area (Å²) in [5.41, 5.74) is 0.750. The third-order valence-electron chi connectivity index (χ3n) is 0.846. The summed E-state index contributed by atoms with van der Waals surface area (Å²) >= 11 is 0. The molecule has 0 saturated carbocycles. The second-order valence-corrected chi connectivity index (χ2v) is 6.13. The minimum Gasteiger partial charge on any atom is -0.748 e. The summed E-state index contributed by atoms with van der Waals surface area (Å²) in [6, 6.07) is 0. The monoisotopic (exact) mass is 334 g/mol. The van der Waals surface area contributed by atoms with E-state index in [4.69, 9.17) is 0 Å². The van der Waals surface area contributed by atoms with Crippen molar-refractivity contribution in [2.75, 3.05) is 11.5 Å². The Morgan fingerprint density at radius 1 is 0.882 bits per heavy atom. The number of rotatable bonds is 4. The molecular formula is C8H14O6S2Zn. The van der Waals surface area contributed by atoms with Gasteiger partial charge in [0.1, 0.15) is 0 Å². The summed E-state index contributed by atoms with van der Waals surface area (Å²) in [7, 11) is -8.15. The Balaban J connectivity index is -0.000000218.